The predicted octanol–water partition coefficient (Wildman–Crippen LogP) is 2.54. The fourth-order valence-electron chi connectivity index (χ4n) is 1.50. The summed E-state index contributed by atoms with van der Waals surface area (Å²) in [6, 6.07) is 7.47. The maximum absolute atomic E-state index is 11.1. The van der Waals surface area contributed by atoms with Crippen LogP contribution < -0.4 is 0 Å². The van der Waals surface area contributed by atoms with Crippen LogP contribution in [0.2, 0.25) is 5.02 Å². The molecule has 0 unspecified atom stereocenters. The third kappa shape index (κ3) is 1.97. The van der Waals surface area contributed by atoms with E-state index in [1.807, 2.05) is 24.3 Å². The molecule has 2 rings (SSSR count). The number of aromatic nitrogens is 1. The van der Waals surface area contributed by atoms with Gasteiger partial charge >= 0.3 is 5.97 Å². The minimum Gasteiger partial charge on any atom is -0.469 e. The lowest BCUT2D eigenvalue weighted by Gasteiger charge is -1.94. The van der Waals surface area contributed by atoms with Crippen LogP contribution in [0.25, 0.3) is 10.9 Å². The fourth-order valence-corrected chi connectivity index (χ4v) is 1.73. The van der Waals surface area contributed by atoms with Crippen LogP contribution in [0.4, 0.5) is 0 Å². The highest BCUT2D eigenvalue weighted by atomic mass is 35.5. The summed E-state index contributed by atoms with van der Waals surface area (Å²) in [7, 11) is 1.37. The lowest BCUT2D eigenvalue weighted by Crippen LogP contribution is -2.04. The standard InChI is InChI=1S/C11H10ClNO2/c1-15-11(14)6-7-5-8-9(12)3-2-4-10(8)13-7/h2-5,13H,6H2,1H3. The molecule has 1 N–H and O–H groups in total. The van der Waals surface area contributed by atoms with E-state index in [0.717, 1.165) is 16.6 Å². The second-order valence-electron chi connectivity index (χ2n) is 3.25. The van der Waals surface area contributed by atoms with Crippen molar-refractivity contribution in [2.75, 3.05) is 7.11 Å². The molecule has 0 radical (unpaired) electrons. The molecule has 0 aliphatic heterocycles. The first kappa shape index (κ1) is 10.1. The number of ether oxygens (including phenoxy) is 1. The minimum absolute atomic E-state index is 0.238. The molecule has 3 nitrogen and oxygen atoms in total. The van der Waals surface area contributed by atoms with Gasteiger partial charge in [-0.2, -0.15) is 0 Å². The summed E-state index contributed by atoms with van der Waals surface area (Å²) in [5, 5.41) is 1.61. The number of hydrogen-bond acceptors (Lipinski definition) is 2. The quantitative estimate of drug-likeness (QED) is 0.795. The topological polar surface area (TPSA) is 42.1 Å². The van der Waals surface area contributed by atoms with Gasteiger partial charge in [0.15, 0.2) is 0 Å². The molecule has 0 bridgehead atoms. The van der Waals surface area contributed by atoms with Crippen molar-refractivity contribution in [2.45, 2.75) is 6.42 Å². The third-order valence-electron chi connectivity index (χ3n) is 2.23. The van der Waals surface area contributed by atoms with E-state index in [1.54, 1.807) is 0 Å². The minimum atomic E-state index is -0.266. The number of fused-ring (bicyclic) bond motifs is 1. The molecule has 1 aromatic heterocycles. The van der Waals surface area contributed by atoms with Crippen LogP contribution in [0.3, 0.4) is 0 Å². The number of aromatic amines is 1. The number of rotatable bonds is 2. The van der Waals surface area contributed by atoms with E-state index in [2.05, 4.69) is 9.72 Å². The Bertz CT molecular complexity index is 504. The zero-order valence-electron chi connectivity index (χ0n) is 8.21. The van der Waals surface area contributed by atoms with Crippen LogP contribution in [0.15, 0.2) is 24.3 Å². The smallest absolute Gasteiger partial charge is 0.311 e. The van der Waals surface area contributed by atoms with E-state index in [-0.39, 0.29) is 12.4 Å². The largest absolute Gasteiger partial charge is 0.469 e. The van der Waals surface area contributed by atoms with Crippen molar-refractivity contribution in [1.29, 1.82) is 0 Å². The van der Waals surface area contributed by atoms with E-state index >= 15 is 0 Å². The summed E-state index contributed by atoms with van der Waals surface area (Å²) in [5.41, 5.74) is 1.74. The molecule has 0 saturated carbocycles. The van der Waals surface area contributed by atoms with Crippen molar-refractivity contribution in [1.82, 2.24) is 4.98 Å². The number of esters is 1. The third-order valence-corrected chi connectivity index (χ3v) is 2.56. The Kier molecular flexibility index (Phi) is 2.64. The summed E-state index contributed by atoms with van der Waals surface area (Å²) in [6.07, 6.45) is 0.238. The van der Waals surface area contributed by atoms with Crippen molar-refractivity contribution < 1.29 is 9.53 Å². The van der Waals surface area contributed by atoms with E-state index in [0.29, 0.717) is 5.02 Å². The SMILES string of the molecule is COC(=O)Cc1cc2c(Cl)cccc2[nH]1. The number of H-pyrrole nitrogens is 1. The summed E-state index contributed by atoms with van der Waals surface area (Å²) in [6.45, 7) is 0. The molecule has 2 aromatic rings. The predicted molar refractivity (Wildman–Crippen MR) is 59.0 cm³/mol. The van der Waals surface area contributed by atoms with E-state index in [1.165, 1.54) is 7.11 Å². The number of hydrogen-bond donors (Lipinski definition) is 1. The average Bonchev–Trinajstić information content (AvgIpc) is 2.62. The molecule has 0 aliphatic carbocycles. The van der Waals surface area contributed by atoms with Crippen molar-refractivity contribution in [2.24, 2.45) is 0 Å². The fraction of sp³-hybridized carbons (Fsp3) is 0.182. The van der Waals surface area contributed by atoms with Gasteiger partial charge in [-0.05, 0) is 18.2 Å². The number of halogens is 1. The van der Waals surface area contributed by atoms with Crippen LogP contribution in [0.5, 0.6) is 0 Å². The number of carbonyl (C=O) groups is 1. The molecule has 1 heterocycles. The highest BCUT2D eigenvalue weighted by Crippen LogP contribution is 2.24. The van der Waals surface area contributed by atoms with Gasteiger partial charge in [0.1, 0.15) is 0 Å². The van der Waals surface area contributed by atoms with Gasteiger partial charge in [0.05, 0.1) is 13.5 Å². The monoisotopic (exact) mass is 223 g/mol. The van der Waals surface area contributed by atoms with Gasteiger partial charge in [-0.15, -0.1) is 0 Å². The van der Waals surface area contributed by atoms with Crippen LogP contribution in [0, 0.1) is 0 Å². The number of nitrogens with one attached hydrogen (secondary N) is 1. The van der Waals surface area contributed by atoms with Gasteiger partial charge in [0.25, 0.3) is 0 Å². The second-order valence-corrected chi connectivity index (χ2v) is 3.66. The molecule has 0 spiro atoms. The molecular formula is C11H10ClNO2. The Hall–Kier alpha value is -1.48. The molecular weight excluding hydrogens is 214 g/mol. The maximum atomic E-state index is 11.1. The first-order valence-corrected chi connectivity index (χ1v) is 4.91. The van der Waals surface area contributed by atoms with Crippen LogP contribution in [0.1, 0.15) is 5.69 Å². The summed E-state index contributed by atoms with van der Waals surface area (Å²) >= 11 is 6.00. The Morgan fingerprint density at radius 2 is 2.33 bits per heavy atom. The number of benzene rings is 1. The first-order valence-electron chi connectivity index (χ1n) is 4.53. The Morgan fingerprint density at radius 1 is 1.53 bits per heavy atom. The zero-order valence-corrected chi connectivity index (χ0v) is 8.97. The van der Waals surface area contributed by atoms with Crippen LogP contribution in [-0.4, -0.2) is 18.1 Å². The number of carbonyl (C=O) groups excluding carboxylic acids is 1. The number of methoxy groups -OCH3 is 1. The summed E-state index contributed by atoms with van der Waals surface area (Å²) in [5.74, 6) is -0.266. The molecule has 0 amide bonds. The zero-order chi connectivity index (χ0) is 10.8. The summed E-state index contributed by atoms with van der Waals surface area (Å²) < 4.78 is 4.59. The molecule has 0 atom stereocenters. The van der Waals surface area contributed by atoms with Crippen molar-refractivity contribution in [3.8, 4) is 0 Å². The van der Waals surface area contributed by atoms with Gasteiger partial charge < -0.3 is 9.72 Å². The van der Waals surface area contributed by atoms with Gasteiger partial charge in [0.2, 0.25) is 0 Å². The van der Waals surface area contributed by atoms with Crippen molar-refractivity contribution in [3.05, 3.63) is 35.0 Å². The maximum Gasteiger partial charge on any atom is 0.311 e. The van der Waals surface area contributed by atoms with Gasteiger partial charge in [-0.25, -0.2) is 0 Å². The highest BCUT2D eigenvalue weighted by molar-refractivity contribution is 6.35. The molecule has 0 fully saturated rings. The Balaban J connectivity index is 2.39. The van der Waals surface area contributed by atoms with Crippen LogP contribution >= 0.6 is 11.6 Å². The summed E-state index contributed by atoms with van der Waals surface area (Å²) in [4.78, 5) is 14.2. The van der Waals surface area contributed by atoms with Gasteiger partial charge in [-0.1, -0.05) is 17.7 Å². The Morgan fingerprint density at radius 3 is 3.00 bits per heavy atom. The van der Waals surface area contributed by atoms with E-state index in [9.17, 15) is 4.79 Å². The van der Waals surface area contributed by atoms with E-state index in [4.69, 9.17) is 11.6 Å². The normalized spacial score (nSPS) is 10.5. The average molecular weight is 224 g/mol. The lowest BCUT2D eigenvalue weighted by atomic mass is 10.2. The van der Waals surface area contributed by atoms with Gasteiger partial charge in [0, 0.05) is 21.6 Å². The second kappa shape index (κ2) is 3.95. The van der Waals surface area contributed by atoms with Crippen molar-refractivity contribution >= 4 is 28.5 Å². The Labute approximate surface area is 92.0 Å². The van der Waals surface area contributed by atoms with Gasteiger partial charge in [-0.3, -0.25) is 4.79 Å². The molecule has 0 aliphatic rings. The van der Waals surface area contributed by atoms with Crippen molar-refractivity contribution in [3.63, 3.8) is 0 Å². The molecule has 15 heavy (non-hydrogen) atoms. The van der Waals surface area contributed by atoms with E-state index < -0.39 is 0 Å². The molecule has 0 saturated heterocycles. The van der Waals surface area contributed by atoms with Crippen LogP contribution in [-0.2, 0) is 16.0 Å². The first-order chi connectivity index (χ1) is 7.20. The molecule has 78 valence electrons. The lowest BCUT2D eigenvalue weighted by molar-refractivity contribution is -0.139. The molecule has 1 aromatic carbocycles. The highest BCUT2D eigenvalue weighted by Gasteiger charge is 2.07. The molecule has 4 heteroatoms.